The minimum absolute atomic E-state index is 0.228. The van der Waals surface area contributed by atoms with Crippen molar-refractivity contribution >= 4 is 103 Å². The molecule has 0 saturated heterocycles. The SMILES string of the molecule is O=C(c1ccc2[nH]c3ccc(C(=O)C(Cl)(Cl)Cl)cc3c2c1)C(Cl)(Cl)Cl. The van der Waals surface area contributed by atoms with Gasteiger partial charge in [-0.25, -0.2) is 0 Å². The van der Waals surface area contributed by atoms with Gasteiger partial charge < -0.3 is 4.98 Å². The van der Waals surface area contributed by atoms with Crippen molar-refractivity contribution in [3.05, 3.63) is 47.5 Å². The minimum Gasteiger partial charge on any atom is -0.355 e. The summed E-state index contributed by atoms with van der Waals surface area (Å²) in [5, 5.41) is 1.35. The number of carbonyl (C=O) groups excluding carboxylic acids is 2. The molecule has 0 saturated carbocycles. The first-order valence-corrected chi connectivity index (χ1v) is 9.04. The molecule has 1 aromatic heterocycles. The fraction of sp³-hybridized carbons (Fsp3) is 0.125. The third-order valence-electron chi connectivity index (χ3n) is 3.64. The van der Waals surface area contributed by atoms with Crippen LogP contribution in [0.15, 0.2) is 36.4 Å². The number of rotatable bonds is 2. The number of benzene rings is 2. The fourth-order valence-electron chi connectivity index (χ4n) is 2.51. The van der Waals surface area contributed by atoms with Crippen LogP contribution in [-0.2, 0) is 0 Å². The van der Waals surface area contributed by atoms with E-state index in [2.05, 4.69) is 4.98 Å². The Bertz CT molecular complexity index is 933. The van der Waals surface area contributed by atoms with E-state index in [4.69, 9.17) is 69.6 Å². The number of carbonyl (C=O) groups is 2. The van der Waals surface area contributed by atoms with Crippen molar-refractivity contribution in [3.63, 3.8) is 0 Å². The van der Waals surface area contributed by atoms with Crippen LogP contribution in [0.1, 0.15) is 20.7 Å². The third-order valence-corrected chi connectivity index (χ3v) is 4.67. The van der Waals surface area contributed by atoms with Crippen LogP contribution in [0.2, 0.25) is 0 Å². The van der Waals surface area contributed by atoms with Crippen LogP contribution in [0.3, 0.4) is 0 Å². The van der Waals surface area contributed by atoms with E-state index < -0.39 is 19.2 Å². The average Bonchev–Trinajstić information content (AvgIpc) is 2.88. The largest absolute Gasteiger partial charge is 0.355 e. The van der Waals surface area contributed by atoms with Crippen molar-refractivity contribution in [2.24, 2.45) is 0 Å². The molecule has 9 heteroatoms. The summed E-state index contributed by atoms with van der Waals surface area (Å²) in [6.45, 7) is 0. The second kappa shape index (κ2) is 6.49. The van der Waals surface area contributed by atoms with Crippen LogP contribution in [0.25, 0.3) is 21.8 Å². The summed E-state index contributed by atoms with van der Waals surface area (Å²) in [5.74, 6) is -1.30. The summed E-state index contributed by atoms with van der Waals surface area (Å²) < 4.78 is -4.12. The number of aromatic nitrogens is 1. The molecule has 0 aliphatic carbocycles. The smallest absolute Gasteiger partial charge is 0.253 e. The van der Waals surface area contributed by atoms with Gasteiger partial charge in [-0.15, -0.1) is 0 Å². The number of aromatic amines is 1. The maximum absolute atomic E-state index is 12.2. The number of hydrogen-bond acceptors (Lipinski definition) is 2. The van der Waals surface area contributed by atoms with E-state index in [1.807, 2.05) is 0 Å². The molecule has 1 N–H and O–H groups in total. The van der Waals surface area contributed by atoms with Gasteiger partial charge in [-0.3, -0.25) is 9.59 Å². The number of fused-ring (bicyclic) bond motifs is 3. The van der Waals surface area contributed by atoms with Crippen molar-refractivity contribution in [1.82, 2.24) is 4.98 Å². The van der Waals surface area contributed by atoms with Gasteiger partial charge in [-0.05, 0) is 36.4 Å². The summed E-state index contributed by atoms with van der Waals surface area (Å²) in [7, 11) is 0. The van der Waals surface area contributed by atoms with Crippen molar-refractivity contribution in [1.29, 1.82) is 0 Å². The lowest BCUT2D eigenvalue weighted by Gasteiger charge is -2.10. The number of H-pyrrole nitrogens is 1. The highest BCUT2D eigenvalue weighted by atomic mass is 35.6. The van der Waals surface area contributed by atoms with Gasteiger partial charge >= 0.3 is 0 Å². The number of ketones is 2. The van der Waals surface area contributed by atoms with Crippen molar-refractivity contribution in [2.45, 2.75) is 7.59 Å². The number of nitrogens with one attached hydrogen (secondary N) is 1. The Morgan fingerprint density at radius 3 is 1.36 bits per heavy atom. The van der Waals surface area contributed by atoms with Crippen molar-refractivity contribution in [3.8, 4) is 0 Å². The van der Waals surface area contributed by atoms with Crippen LogP contribution >= 0.6 is 69.6 Å². The quantitative estimate of drug-likeness (QED) is 0.356. The Morgan fingerprint density at radius 2 is 1.04 bits per heavy atom. The summed E-state index contributed by atoms with van der Waals surface area (Å²) in [4.78, 5) is 27.5. The lowest BCUT2D eigenvalue weighted by Crippen LogP contribution is -2.18. The maximum atomic E-state index is 12.2. The highest BCUT2D eigenvalue weighted by Crippen LogP contribution is 2.35. The van der Waals surface area contributed by atoms with Gasteiger partial charge in [0.1, 0.15) is 0 Å². The zero-order chi connectivity index (χ0) is 18.6. The third kappa shape index (κ3) is 3.73. The highest BCUT2D eigenvalue weighted by Gasteiger charge is 2.33. The normalized spacial score (nSPS) is 12.7. The molecular weight excluding hydrogens is 451 g/mol. The first kappa shape index (κ1) is 19.1. The molecule has 0 aliphatic heterocycles. The molecule has 3 rings (SSSR count). The van der Waals surface area contributed by atoms with E-state index in [9.17, 15) is 9.59 Å². The second-order valence-electron chi connectivity index (χ2n) is 5.30. The number of hydrogen-bond donors (Lipinski definition) is 1. The summed E-state index contributed by atoms with van der Waals surface area (Å²) >= 11 is 34.0. The molecule has 0 spiro atoms. The molecule has 0 radical (unpaired) electrons. The van der Waals surface area contributed by atoms with Crippen LogP contribution in [-0.4, -0.2) is 24.1 Å². The molecule has 0 aliphatic rings. The lowest BCUT2D eigenvalue weighted by molar-refractivity contribution is 0.0988. The number of alkyl halides is 6. The van der Waals surface area contributed by atoms with E-state index in [0.29, 0.717) is 10.8 Å². The predicted octanol–water partition coefficient (Wildman–Crippen LogP) is 6.43. The van der Waals surface area contributed by atoms with Gasteiger partial charge in [-0.2, -0.15) is 0 Å². The van der Waals surface area contributed by atoms with E-state index in [0.717, 1.165) is 11.0 Å². The minimum atomic E-state index is -2.06. The summed E-state index contributed by atoms with van der Waals surface area (Å²) in [6, 6.07) is 9.65. The van der Waals surface area contributed by atoms with E-state index >= 15 is 0 Å². The van der Waals surface area contributed by atoms with Gasteiger partial charge in [-0.1, -0.05) is 69.6 Å². The molecule has 3 aromatic rings. The van der Waals surface area contributed by atoms with E-state index in [1.165, 1.54) is 0 Å². The molecule has 1 heterocycles. The fourth-order valence-corrected chi connectivity index (χ4v) is 3.16. The molecule has 3 nitrogen and oxygen atoms in total. The Kier molecular flexibility index (Phi) is 4.95. The number of Topliss-reactive ketones (excluding diaryl/α,β-unsaturated/α-hetero) is 2. The van der Waals surface area contributed by atoms with Crippen molar-refractivity contribution < 1.29 is 9.59 Å². The van der Waals surface area contributed by atoms with Gasteiger partial charge in [0, 0.05) is 32.9 Å². The molecule has 0 fully saturated rings. The van der Waals surface area contributed by atoms with Crippen molar-refractivity contribution in [2.75, 3.05) is 0 Å². The first-order valence-electron chi connectivity index (χ1n) is 6.77. The Hall–Kier alpha value is -0.680. The van der Waals surface area contributed by atoms with Crippen LogP contribution in [0, 0.1) is 0 Å². The van der Waals surface area contributed by atoms with Gasteiger partial charge in [0.05, 0.1) is 0 Å². The Morgan fingerprint density at radius 1 is 0.680 bits per heavy atom. The van der Waals surface area contributed by atoms with Gasteiger partial charge in [0.15, 0.2) is 0 Å². The highest BCUT2D eigenvalue weighted by molar-refractivity contribution is 6.78. The second-order valence-corrected chi connectivity index (χ2v) is 9.86. The van der Waals surface area contributed by atoms with Crippen LogP contribution in [0.5, 0.6) is 0 Å². The molecule has 2 aromatic carbocycles. The molecule has 0 unspecified atom stereocenters. The molecule has 0 bridgehead atoms. The van der Waals surface area contributed by atoms with Gasteiger partial charge in [0.25, 0.3) is 7.59 Å². The molecular formula is C16H7Cl6NO2. The number of halogens is 6. The first-order chi connectivity index (χ1) is 11.5. The zero-order valence-corrected chi connectivity index (χ0v) is 16.6. The van der Waals surface area contributed by atoms with Crippen LogP contribution < -0.4 is 0 Å². The maximum Gasteiger partial charge on any atom is 0.253 e. The summed E-state index contributed by atoms with van der Waals surface area (Å²) in [5.41, 5.74) is 1.95. The molecule has 0 amide bonds. The topological polar surface area (TPSA) is 49.9 Å². The summed E-state index contributed by atoms with van der Waals surface area (Å²) in [6.07, 6.45) is 0. The Labute approximate surface area is 172 Å². The Balaban J connectivity index is 2.20. The predicted molar refractivity (Wildman–Crippen MR) is 105 cm³/mol. The van der Waals surface area contributed by atoms with E-state index in [1.54, 1.807) is 36.4 Å². The van der Waals surface area contributed by atoms with E-state index in [-0.39, 0.29) is 11.1 Å². The monoisotopic (exact) mass is 455 g/mol. The standard InChI is InChI=1S/C16H7Cl6NO2/c17-15(18,19)13(24)7-1-3-11-9(5-7)10-6-8(2-4-12(10)23-11)14(25)16(20,21)22/h1-6,23H. The average molecular weight is 458 g/mol. The van der Waals surface area contributed by atoms with Gasteiger partial charge in [0.2, 0.25) is 11.6 Å². The van der Waals surface area contributed by atoms with Crippen LogP contribution in [0.4, 0.5) is 0 Å². The molecule has 0 atom stereocenters. The molecule has 130 valence electrons. The zero-order valence-electron chi connectivity index (χ0n) is 12.0. The molecule has 25 heavy (non-hydrogen) atoms. The lowest BCUT2D eigenvalue weighted by atomic mass is 10.0.